The van der Waals surface area contributed by atoms with Crippen LogP contribution in [0.3, 0.4) is 0 Å². The molecule has 0 aliphatic carbocycles. The van der Waals surface area contributed by atoms with Gasteiger partial charge in [-0.25, -0.2) is 5.84 Å². The van der Waals surface area contributed by atoms with Crippen LogP contribution >= 0.6 is 15.9 Å². The van der Waals surface area contributed by atoms with Gasteiger partial charge < -0.3 is 12.4 Å². The highest BCUT2D eigenvalue weighted by Gasteiger charge is 2.00. The Morgan fingerprint density at radius 2 is 2.20 bits per heavy atom. The predicted molar refractivity (Wildman–Crippen MR) is 39.4 cm³/mol. The first-order valence-electron chi connectivity index (χ1n) is 2.65. The number of aromatic nitrogens is 1. The van der Waals surface area contributed by atoms with Crippen molar-refractivity contribution in [3.8, 4) is 0 Å². The summed E-state index contributed by atoms with van der Waals surface area (Å²) >= 11 is 3.31. The highest BCUT2D eigenvalue weighted by atomic mass is 79.9. The summed E-state index contributed by atoms with van der Waals surface area (Å²) in [5.41, 5.74) is 1.07. The van der Waals surface area contributed by atoms with Gasteiger partial charge in [0, 0.05) is 12.1 Å². The van der Waals surface area contributed by atoms with E-state index in [0.29, 0.717) is 0 Å². The van der Waals surface area contributed by atoms with E-state index in [0.717, 1.165) is 11.0 Å². The highest BCUT2D eigenvalue weighted by molar-refractivity contribution is 9.08. The molecule has 0 aromatic carbocycles. The molecule has 56 valence electrons. The van der Waals surface area contributed by atoms with Crippen LogP contribution in [0.15, 0.2) is 24.4 Å². The molecule has 1 aromatic rings. The maximum atomic E-state index is 5.52. The van der Waals surface area contributed by atoms with Gasteiger partial charge in [0.25, 0.3) is 0 Å². The van der Waals surface area contributed by atoms with Crippen LogP contribution in [0.2, 0.25) is 0 Å². The van der Waals surface area contributed by atoms with Crippen LogP contribution in [0.5, 0.6) is 0 Å². The molecule has 0 atom stereocenters. The molecule has 0 saturated carbocycles. The first kappa shape index (κ1) is 9.72. The van der Waals surface area contributed by atoms with Crippen molar-refractivity contribution in [3.05, 3.63) is 30.1 Å². The molecule has 2 nitrogen and oxygen atoms in total. The molecular formula is C6H8BrClN2. The number of nitrogen functional groups attached to an aromatic ring is 1. The number of pyridine rings is 1. The SMILES string of the molecule is N[n+]1ccccc1CBr.[Cl-]. The third-order valence-electron chi connectivity index (χ3n) is 1.11. The van der Waals surface area contributed by atoms with Gasteiger partial charge in [0.15, 0.2) is 6.20 Å². The first-order chi connectivity index (χ1) is 4.34. The van der Waals surface area contributed by atoms with E-state index in [2.05, 4.69) is 15.9 Å². The van der Waals surface area contributed by atoms with Gasteiger partial charge in [0.1, 0.15) is 0 Å². The van der Waals surface area contributed by atoms with E-state index in [1.807, 2.05) is 24.4 Å². The van der Waals surface area contributed by atoms with Gasteiger partial charge in [-0.3, -0.25) is 0 Å². The monoisotopic (exact) mass is 222 g/mol. The van der Waals surface area contributed by atoms with E-state index in [1.165, 1.54) is 0 Å². The minimum atomic E-state index is 0. The average molecular weight is 224 g/mol. The standard InChI is InChI=1S/C6H8BrN2.ClH/c7-5-6-3-1-2-4-9(6)8;/h1-4H,5,8H2;1H/q+1;/p-1. The molecule has 1 rings (SSSR count). The summed E-state index contributed by atoms with van der Waals surface area (Å²) in [5, 5.41) is 0.796. The lowest BCUT2D eigenvalue weighted by Gasteiger charge is -1.89. The van der Waals surface area contributed by atoms with Gasteiger partial charge in [-0.15, -0.1) is 0 Å². The quantitative estimate of drug-likeness (QED) is 0.321. The van der Waals surface area contributed by atoms with Crippen molar-refractivity contribution in [2.75, 3.05) is 5.84 Å². The van der Waals surface area contributed by atoms with Crippen LogP contribution in [0.4, 0.5) is 0 Å². The fraction of sp³-hybridized carbons (Fsp3) is 0.167. The van der Waals surface area contributed by atoms with Crippen molar-refractivity contribution in [1.29, 1.82) is 0 Å². The Bertz CT molecular complexity index is 205. The van der Waals surface area contributed by atoms with Crippen LogP contribution in [-0.2, 0) is 5.33 Å². The maximum absolute atomic E-state index is 5.52. The molecular weight excluding hydrogens is 215 g/mol. The van der Waals surface area contributed by atoms with Crippen LogP contribution in [0.25, 0.3) is 0 Å². The molecule has 10 heavy (non-hydrogen) atoms. The van der Waals surface area contributed by atoms with Gasteiger partial charge in [0.05, 0.1) is 5.33 Å². The van der Waals surface area contributed by atoms with Crippen molar-refractivity contribution in [2.24, 2.45) is 0 Å². The summed E-state index contributed by atoms with van der Waals surface area (Å²) < 4.78 is 1.59. The zero-order chi connectivity index (χ0) is 6.69. The zero-order valence-electron chi connectivity index (χ0n) is 5.30. The van der Waals surface area contributed by atoms with E-state index in [-0.39, 0.29) is 12.4 Å². The van der Waals surface area contributed by atoms with Crippen molar-refractivity contribution in [1.82, 2.24) is 0 Å². The van der Waals surface area contributed by atoms with Crippen molar-refractivity contribution >= 4 is 15.9 Å². The number of hydrogen-bond donors (Lipinski definition) is 1. The molecule has 0 spiro atoms. The summed E-state index contributed by atoms with van der Waals surface area (Å²) in [6.07, 6.45) is 1.82. The van der Waals surface area contributed by atoms with Gasteiger partial charge in [-0.2, -0.15) is 0 Å². The number of nitrogens with two attached hydrogens (primary N) is 1. The molecule has 0 aliphatic heterocycles. The van der Waals surface area contributed by atoms with E-state index >= 15 is 0 Å². The lowest BCUT2D eigenvalue weighted by atomic mass is 10.4. The van der Waals surface area contributed by atoms with E-state index in [9.17, 15) is 0 Å². The van der Waals surface area contributed by atoms with Gasteiger partial charge >= 0.3 is 0 Å². The van der Waals surface area contributed by atoms with E-state index < -0.39 is 0 Å². The Hall–Kier alpha value is -0.280. The Labute approximate surface area is 74.6 Å². The molecule has 0 unspecified atom stereocenters. The van der Waals surface area contributed by atoms with Crippen molar-refractivity contribution in [2.45, 2.75) is 5.33 Å². The molecule has 0 bridgehead atoms. The minimum Gasteiger partial charge on any atom is -1.00 e. The Balaban J connectivity index is 0.000000810. The maximum Gasteiger partial charge on any atom is 0.221 e. The Morgan fingerprint density at radius 1 is 1.50 bits per heavy atom. The summed E-state index contributed by atoms with van der Waals surface area (Å²) in [6, 6.07) is 5.82. The molecule has 0 fully saturated rings. The number of rotatable bonds is 1. The van der Waals surface area contributed by atoms with Gasteiger partial charge in [0.2, 0.25) is 5.69 Å². The highest BCUT2D eigenvalue weighted by Crippen LogP contribution is 1.95. The first-order valence-corrected chi connectivity index (χ1v) is 3.77. The fourth-order valence-electron chi connectivity index (χ4n) is 0.604. The molecule has 1 aromatic heterocycles. The second-order valence-corrected chi connectivity index (χ2v) is 2.29. The third kappa shape index (κ3) is 2.15. The van der Waals surface area contributed by atoms with Crippen LogP contribution in [0.1, 0.15) is 5.69 Å². The summed E-state index contributed by atoms with van der Waals surface area (Å²) in [7, 11) is 0. The molecule has 0 radical (unpaired) electrons. The normalized spacial score (nSPS) is 8.50. The molecule has 1 heterocycles. The number of hydrogen-bond acceptors (Lipinski definition) is 1. The largest absolute Gasteiger partial charge is 1.00 e. The summed E-state index contributed by atoms with van der Waals surface area (Å²) in [6.45, 7) is 0. The lowest BCUT2D eigenvalue weighted by Crippen LogP contribution is -3.00. The Kier molecular flexibility index (Phi) is 4.40. The van der Waals surface area contributed by atoms with Crippen LogP contribution < -0.4 is 22.9 Å². The van der Waals surface area contributed by atoms with E-state index in [4.69, 9.17) is 5.84 Å². The molecule has 2 N–H and O–H groups in total. The fourth-order valence-corrected chi connectivity index (χ4v) is 1.08. The summed E-state index contributed by atoms with van der Waals surface area (Å²) in [5.74, 6) is 5.52. The number of halogens is 2. The second-order valence-electron chi connectivity index (χ2n) is 1.73. The number of nitrogens with zero attached hydrogens (tertiary/aromatic N) is 1. The molecule has 4 heteroatoms. The average Bonchev–Trinajstić information content (AvgIpc) is 1.89. The van der Waals surface area contributed by atoms with Gasteiger partial charge in [-0.05, 0) is 6.07 Å². The summed E-state index contributed by atoms with van der Waals surface area (Å²) in [4.78, 5) is 0. The van der Waals surface area contributed by atoms with Crippen LogP contribution in [0, 0.1) is 0 Å². The van der Waals surface area contributed by atoms with E-state index in [1.54, 1.807) is 4.68 Å². The minimum absolute atomic E-state index is 0. The predicted octanol–water partition coefficient (Wildman–Crippen LogP) is -2.41. The van der Waals surface area contributed by atoms with Crippen molar-refractivity contribution in [3.63, 3.8) is 0 Å². The second kappa shape index (κ2) is 4.52. The zero-order valence-corrected chi connectivity index (χ0v) is 7.64. The van der Waals surface area contributed by atoms with Crippen LogP contribution in [-0.4, -0.2) is 0 Å². The van der Waals surface area contributed by atoms with Crippen molar-refractivity contribution < 1.29 is 17.1 Å². The molecule has 0 aliphatic rings. The third-order valence-corrected chi connectivity index (χ3v) is 1.69. The number of alkyl halides is 1. The van der Waals surface area contributed by atoms with Gasteiger partial charge in [-0.1, -0.05) is 20.6 Å². The Morgan fingerprint density at radius 3 is 2.60 bits per heavy atom. The molecule has 0 saturated heterocycles. The lowest BCUT2D eigenvalue weighted by molar-refractivity contribution is -0.645. The topological polar surface area (TPSA) is 29.9 Å². The molecule has 0 amide bonds. The smallest absolute Gasteiger partial charge is 0.221 e.